The van der Waals surface area contributed by atoms with Gasteiger partial charge in [0.25, 0.3) is 5.56 Å². The molecule has 2 rings (SSSR count). The maximum atomic E-state index is 11.6. The van der Waals surface area contributed by atoms with Crippen LogP contribution in [0.2, 0.25) is 0 Å². The van der Waals surface area contributed by atoms with Gasteiger partial charge in [-0.2, -0.15) is 0 Å². The number of nitrogens with zero attached hydrogens (tertiary/aromatic N) is 3. The number of hydrogen-bond donors (Lipinski definition) is 3. The minimum atomic E-state index is -0.921. The first kappa shape index (κ1) is 16.6. The summed E-state index contributed by atoms with van der Waals surface area (Å²) in [5.41, 5.74) is 0.555. The Labute approximate surface area is 128 Å². The van der Waals surface area contributed by atoms with Crippen LogP contribution in [0, 0.1) is 0 Å². The highest BCUT2D eigenvalue weighted by molar-refractivity contribution is 5.69. The summed E-state index contributed by atoms with van der Waals surface area (Å²) < 4.78 is 0. The van der Waals surface area contributed by atoms with Gasteiger partial charge in [-0.1, -0.05) is 6.92 Å². The third-order valence-corrected chi connectivity index (χ3v) is 3.86. The number of aliphatic hydroxyl groups is 1. The third kappa shape index (κ3) is 4.12. The molecule has 1 saturated heterocycles. The predicted octanol–water partition coefficient (Wildman–Crippen LogP) is -1.11. The fraction of sp³-hybridized carbons (Fsp3) is 0.643. The van der Waals surface area contributed by atoms with Crippen molar-refractivity contribution in [2.45, 2.75) is 32.0 Å². The molecule has 1 aliphatic heterocycles. The Morgan fingerprint density at radius 1 is 1.55 bits per heavy atom. The van der Waals surface area contributed by atoms with Crippen LogP contribution in [0.4, 0.5) is 0 Å². The van der Waals surface area contributed by atoms with Crippen molar-refractivity contribution in [3.05, 3.63) is 27.9 Å². The van der Waals surface area contributed by atoms with E-state index in [1.54, 1.807) is 11.9 Å². The fourth-order valence-corrected chi connectivity index (χ4v) is 2.77. The van der Waals surface area contributed by atoms with Gasteiger partial charge in [0.05, 0.1) is 19.2 Å². The van der Waals surface area contributed by atoms with Gasteiger partial charge in [-0.15, -0.1) is 0 Å². The van der Waals surface area contributed by atoms with Gasteiger partial charge in [-0.05, 0) is 13.5 Å². The van der Waals surface area contributed by atoms with Gasteiger partial charge in [-0.25, -0.2) is 4.98 Å². The van der Waals surface area contributed by atoms with E-state index >= 15 is 0 Å². The van der Waals surface area contributed by atoms with E-state index in [2.05, 4.69) is 9.97 Å². The number of likely N-dealkylation sites (tertiary alicyclic amines) is 1. The van der Waals surface area contributed by atoms with Crippen LogP contribution >= 0.6 is 0 Å². The van der Waals surface area contributed by atoms with E-state index in [4.69, 9.17) is 5.11 Å². The Balaban J connectivity index is 2.02. The lowest BCUT2D eigenvalue weighted by Crippen LogP contribution is -2.43. The molecule has 8 nitrogen and oxygen atoms in total. The van der Waals surface area contributed by atoms with Crippen LogP contribution in [0.5, 0.6) is 0 Å². The summed E-state index contributed by atoms with van der Waals surface area (Å²) in [7, 11) is 1.68. The Morgan fingerprint density at radius 3 is 2.91 bits per heavy atom. The van der Waals surface area contributed by atoms with Crippen molar-refractivity contribution >= 4 is 5.97 Å². The van der Waals surface area contributed by atoms with E-state index in [-0.39, 0.29) is 18.1 Å². The molecule has 3 N–H and O–H groups in total. The van der Waals surface area contributed by atoms with Crippen molar-refractivity contribution in [1.82, 2.24) is 19.8 Å². The Bertz CT molecular complexity index is 588. The molecule has 0 spiro atoms. The number of nitrogens with one attached hydrogen (secondary N) is 1. The molecular formula is C14H22N4O4. The second kappa shape index (κ2) is 6.99. The number of aliphatic carboxylic acids is 1. The molecule has 0 bridgehead atoms. The van der Waals surface area contributed by atoms with E-state index in [1.165, 1.54) is 6.07 Å². The number of aliphatic hydroxyl groups excluding tert-OH is 1. The van der Waals surface area contributed by atoms with Crippen LogP contribution in [0.3, 0.4) is 0 Å². The molecule has 22 heavy (non-hydrogen) atoms. The first-order valence-corrected chi connectivity index (χ1v) is 7.30. The number of aromatic nitrogens is 2. The van der Waals surface area contributed by atoms with E-state index in [1.807, 2.05) is 11.8 Å². The van der Waals surface area contributed by atoms with Crippen molar-refractivity contribution in [1.29, 1.82) is 0 Å². The lowest BCUT2D eigenvalue weighted by Gasteiger charge is -2.24. The molecule has 122 valence electrons. The number of hydrogen-bond acceptors (Lipinski definition) is 6. The monoisotopic (exact) mass is 310 g/mol. The molecule has 0 amide bonds. The van der Waals surface area contributed by atoms with Gasteiger partial charge < -0.3 is 15.2 Å². The molecule has 0 aromatic carbocycles. The van der Waals surface area contributed by atoms with Crippen LogP contribution in [-0.2, 0) is 17.8 Å². The Kier molecular flexibility index (Phi) is 5.28. The molecule has 1 fully saturated rings. The Morgan fingerprint density at radius 2 is 2.27 bits per heavy atom. The minimum absolute atomic E-state index is 0.115. The van der Waals surface area contributed by atoms with Crippen molar-refractivity contribution in [3.8, 4) is 0 Å². The van der Waals surface area contributed by atoms with Gasteiger partial charge in [0.1, 0.15) is 5.82 Å². The average molecular weight is 310 g/mol. The van der Waals surface area contributed by atoms with Gasteiger partial charge in [0.2, 0.25) is 0 Å². The summed E-state index contributed by atoms with van der Waals surface area (Å²) in [6, 6.07) is 1.24. The highest BCUT2D eigenvalue weighted by Gasteiger charge is 2.34. The van der Waals surface area contributed by atoms with Crippen LogP contribution < -0.4 is 5.56 Å². The number of likely N-dealkylation sites (N-methyl/N-ethyl adjacent to an activating group) is 1. The van der Waals surface area contributed by atoms with Crippen molar-refractivity contribution in [2.24, 2.45) is 0 Å². The van der Waals surface area contributed by atoms with Gasteiger partial charge in [0.15, 0.2) is 0 Å². The third-order valence-electron chi connectivity index (χ3n) is 3.86. The van der Waals surface area contributed by atoms with Crippen molar-refractivity contribution in [3.63, 3.8) is 0 Å². The summed E-state index contributed by atoms with van der Waals surface area (Å²) in [5.74, 6) is -0.354. The zero-order chi connectivity index (χ0) is 16.3. The predicted molar refractivity (Wildman–Crippen MR) is 79.6 cm³/mol. The maximum absolute atomic E-state index is 11.6. The first-order chi connectivity index (χ1) is 10.4. The molecule has 1 aliphatic rings. The second-order valence-electron chi connectivity index (χ2n) is 5.67. The number of β-amino-alcohol motifs (C(OH)–C–C–N with tert-alkyl or cyclic N) is 1. The molecule has 0 saturated carbocycles. The summed E-state index contributed by atoms with van der Waals surface area (Å²) in [4.78, 5) is 33.0. The van der Waals surface area contributed by atoms with Gasteiger partial charge in [-0.3, -0.25) is 19.4 Å². The standard InChI is InChI=1S/C14H22N4O4/c1-3-9-4-13(20)16-12(15-9)7-18-5-10(11(19)6-18)17(2)8-14(21)22/h4,10-11,19H,3,5-8H2,1-2H3,(H,21,22)(H,15,16,20)/t10?,11-/m1/s1. The smallest absolute Gasteiger partial charge is 0.317 e. The number of carboxylic acid groups (broad SMARTS) is 1. The lowest BCUT2D eigenvalue weighted by molar-refractivity contribution is -0.138. The topological polar surface area (TPSA) is 110 Å². The van der Waals surface area contributed by atoms with E-state index < -0.39 is 12.1 Å². The fourth-order valence-electron chi connectivity index (χ4n) is 2.77. The number of carbonyl (C=O) groups is 1. The van der Waals surface area contributed by atoms with Crippen LogP contribution in [0.15, 0.2) is 10.9 Å². The quantitative estimate of drug-likeness (QED) is 0.611. The summed E-state index contributed by atoms with van der Waals surface area (Å²) in [6.07, 6.45) is 0.0641. The van der Waals surface area contributed by atoms with Gasteiger partial charge >= 0.3 is 5.97 Å². The molecule has 0 aliphatic carbocycles. The molecule has 2 heterocycles. The molecule has 1 aromatic heterocycles. The molecule has 2 atom stereocenters. The molecule has 0 radical (unpaired) electrons. The molecule has 8 heteroatoms. The van der Waals surface area contributed by atoms with Crippen LogP contribution in [-0.4, -0.2) is 74.8 Å². The Hall–Kier alpha value is -1.77. The first-order valence-electron chi connectivity index (χ1n) is 7.30. The van der Waals surface area contributed by atoms with E-state index in [9.17, 15) is 14.7 Å². The highest BCUT2D eigenvalue weighted by Crippen LogP contribution is 2.16. The lowest BCUT2D eigenvalue weighted by atomic mass is 10.2. The number of H-pyrrole nitrogens is 1. The number of aryl methyl sites for hydroxylation is 1. The largest absolute Gasteiger partial charge is 0.480 e. The summed E-state index contributed by atoms with van der Waals surface area (Å²) in [5, 5.41) is 18.9. The zero-order valence-corrected chi connectivity index (χ0v) is 12.8. The highest BCUT2D eigenvalue weighted by atomic mass is 16.4. The zero-order valence-electron chi connectivity index (χ0n) is 12.8. The SMILES string of the molecule is CCc1cc(=O)[nH]c(CN2CC(N(C)CC(=O)O)[C@H](O)C2)n1. The number of rotatable bonds is 6. The van der Waals surface area contributed by atoms with Crippen LogP contribution in [0.1, 0.15) is 18.4 Å². The second-order valence-corrected chi connectivity index (χ2v) is 5.67. The van der Waals surface area contributed by atoms with Gasteiger partial charge in [0, 0.05) is 30.9 Å². The van der Waals surface area contributed by atoms with Crippen molar-refractivity contribution in [2.75, 3.05) is 26.7 Å². The maximum Gasteiger partial charge on any atom is 0.317 e. The number of carboxylic acids is 1. The van der Waals surface area contributed by atoms with Crippen molar-refractivity contribution < 1.29 is 15.0 Å². The summed E-state index contributed by atoms with van der Waals surface area (Å²) in [6.45, 7) is 3.20. The van der Waals surface area contributed by atoms with Crippen LogP contribution in [0.25, 0.3) is 0 Å². The molecular weight excluding hydrogens is 288 g/mol. The number of aromatic amines is 1. The van der Waals surface area contributed by atoms with E-state index in [0.717, 1.165) is 5.69 Å². The van der Waals surface area contributed by atoms with E-state index in [0.29, 0.717) is 31.9 Å². The average Bonchev–Trinajstić information content (AvgIpc) is 2.78. The minimum Gasteiger partial charge on any atom is -0.480 e. The molecule has 1 unspecified atom stereocenters. The normalized spacial score (nSPS) is 22.4. The molecule has 1 aromatic rings. The summed E-state index contributed by atoms with van der Waals surface area (Å²) >= 11 is 0.